The normalized spacial score (nSPS) is 11.7. The van der Waals surface area contributed by atoms with E-state index in [9.17, 15) is 14.4 Å². The van der Waals surface area contributed by atoms with Crippen LogP contribution in [0.4, 0.5) is 4.79 Å². The molecule has 0 bridgehead atoms. The van der Waals surface area contributed by atoms with E-state index < -0.39 is 6.09 Å². The summed E-state index contributed by atoms with van der Waals surface area (Å²) in [7, 11) is 0. The SMILES string of the molecule is CCCCCCCCCCCCCCCCCCCCCC(=O)C[C@@H](CCCCNC(=O)OCc1ccccc1)C(=O)NCCCCCCCCCCCC. The maximum absolute atomic E-state index is 13.2. The Hall–Kier alpha value is -2.37. The molecule has 0 unspecified atom stereocenters. The van der Waals surface area contributed by atoms with Gasteiger partial charge < -0.3 is 15.4 Å². The van der Waals surface area contributed by atoms with Crippen LogP contribution in [0.2, 0.25) is 0 Å². The molecule has 318 valence electrons. The Bertz CT molecular complexity index is 1000. The molecule has 1 rings (SSSR count). The van der Waals surface area contributed by atoms with Gasteiger partial charge in [0.15, 0.2) is 0 Å². The first-order valence-electron chi connectivity index (χ1n) is 23.8. The number of ether oxygens (including phenoxy) is 1. The molecule has 1 atom stereocenters. The molecule has 0 fully saturated rings. The van der Waals surface area contributed by atoms with Crippen molar-refractivity contribution in [1.82, 2.24) is 10.6 Å². The quantitative estimate of drug-likeness (QED) is 0.0650. The lowest BCUT2D eigenvalue weighted by Crippen LogP contribution is -2.33. The van der Waals surface area contributed by atoms with Crippen molar-refractivity contribution in [1.29, 1.82) is 0 Å². The van der Waals surface area contributed by atoms with E-state index in [2.05, 4.69) is 24.5 Å². The molecule has 0 saturated carbocycles. The molecule has 0 radical (unpaired) electrons. The van der Waals surface area contributed by atoms with E-state index in [1.54, 1.807) is 0 Å². The molecule has 0 aliphatic rings. The molecule has 0 aliphatic heterocycles. The second-order valence-corrected chi connectivity index (χ2v) is 16.5. The van der Waals surface area contributed by atoms with E-state index in [4.69, 9.17) is 4.74 Å². The zero-order chi connectivity index (χ0) is 39.7. The fourth-order valence-electron chi connectivity index (χ4n) is 7.55. The number of hydrogen-bond donors (Lipinski definition) is 2. The molecule has 0 heterocycles. The lowest BCUT2D eigenvalue weighted by atomic mass is 9.93. The predicted molar refractivity (Wildman–Crippen MR) is 234 cm³/mol. The van der Waals surface area contributed by atoms with Gasteiger partial charge in [0.1, 0.15) is 12.4 Å². The zero-order valence-corrected chi connectivity index (χ0v) is 36.3. The fraction of sp³-hybridized carbons (Fsp3) is 0.816. The topological polar surface area (TPSA) is 84.5 Å². The van der Waals surface area contributed by atoms with Crippen LogP contribution in [0.1, 0.15) is 238 Å². The highest BCUT2D eigenvalue weighted by molar-refractivity contribution is 5.86. The Labute approximate surface area is 340 Å². The lowest BCUT2D eigenvalue weighted by molar-refractivity contribution is -0.129. The minimum atomic E-state index is -0.426. The Balaban J connectivity index is 2.21. The average Bonchev–Trinajstić information content (AvgIpc) is 3.19. The number of benzene rings is 1. The second kappa shape index (κ2) is 39.8. The highest BCUT2D eigenvalue weighted by atomic mass is 16.5. The Morgan fingerprint density at radius 1 is 0.491 bits per heavy atom. The number of rotatable bonds is 41. The number of Topliss-reactive ketones (excluding diaryl/α,β-unsaturated/α-hetero) is 1. The van der Waals surface area contributed by atoms with Crippen molar-refractivity contribution < 1.29 is 19.1 Å². The van der Waals surface area contributed by atoms with Gasteiger partial charge in [-0.15, -0.1) is 0 Å². The smallest absolute Gasteiger partial charge is 0.407 e. The summed E-state index contributed by atoms with van der Waals surface area (Å²) in [6.07, 6.45) is 40.8. The maximum Gasteiger partial charge on any atom is 0.407 e. The van der Waals surface area contributed by atoms with Gasteiger partial charge in [-0.1, -0.05) is 224 Å². The van der Waals surface area contributed by atoms with Crippen molar-refractivity contribution in [2.45, 2.75) is 239 Å². The molecule has 2 N–H and O–H groups in total. The lowest BCUT2D eigenvalue weighted by Gasteiger charge is -2.17. The van der Waals surface area contributed by atoms with E-state index in [0.29, 0.717) is 32.4 Å². The first kappa shape index (κ1) is 50.6. The molecule has 0 aliphatic carbocycles. The van der Waals surface area contributed by atoms with Crippen molar-refractivity contribution in [3.63, 3.8) is 0 Å². The summed E-state index contributed by atoms with van der Waals surface area (Å²) in [5.41, 5.74) is 0.953. The first-order chi connectivity index (χ1) is 27.1. The van der Waals surface area contributed by atoms with Crippen LogP contribution in [-0.2, 0) is 20.9 Å². The van der Waals surface area contributed by atoms with Crippen LogP contribution < -0.4 is 10.6 Å². The summed E-state index contributed by atoms with van der Waals surface area (Å²) < 4.78 is 5.31. The van der Waals surface area contributed by atoms with Gasteiger partial charge in [0.25, 0.3) is 0 Å². The van der Waals surface area contributed by atoms with Crippen LogP contribution in [0, 0.1) is 5.92 Å². The summed E-state index contributed by atoms with van der Waals surface area (Å²) in [6.45, 7) is 5.97. The number of alkyl carbamates (subject to hydrolysis) is 1. The second-order valence-electron chi connectivity index (χ2n) is 16.5. The number of ketones is 1. The summed E-state index contributed by atoms with van der Waals surface area (Å²) in [5.74, 6) is -0.0534. The summed E-state index contributed by atoms with van der Waals surface area (Å²) in [4.78, 5) is 38.4. The Morgan fingerprint density at radius 2 is 0.891 bits per heavy atom. The predicted octanol–water partition coefficient (Wildman–Crippen LogP) is 14.5. The van der Waals surface area contributed by atoms with E-state index in [1.807, 2.05) is 30.3 Å². The van der Waals surface area contributed by atoms with Crippen molar-refractivity contribution in [2.75, 3.05) is 13.1 Å². The monoisotopic (exact) mass is 769 g/mol. The van der Waals surface area contributed by atoms with Crippen LogP contribution in [0.3, 0.4) is 0 Å². The molecule has 55 heavy (non-hydrogen) atoms. The van der Waals surface area contributed by atoms with E-state index >= 15 is 0 Å². The summed E-state index contributed by atoms with van der Waals surface area (Å²) in [5, 5.41) is 5.97. The fourth-order valence-corrected chi connectivity index (χ4v) is 7.55. The number of hydrogen-bond acceptors (Lipinski definition) is 4. The molecule has 0 spiro atoms. The summed E-state index contributed by atoms with van der Waals surface area (Å²) in [6, 6.07) is 9.64. The first-order valence-corrected chi connectivity index (χ1v) is 23.8. The van der Waals surface area contributed by atoms with Gasteiger partial charge in [-0.3, -0.25) is 9.59 Å². The van der Waals surface area contributed by atoms with Gasteiger partial charge >= 0.3 is 6.09 Å². The number of unbranched alkanes of at least 4 members (excludes halogenated alkanes) is 28. The van der Waals surface area contributed by atoms with Crippen LogP contribution >= 0.6 is 0 Å². The standard InChI is InChI=1S/C49H88N2O4/c1-3-5-7-9-11-13-15-16-17-18-19-20-21-22-23-24-26-28-33-40-47(52)43-46(48(53)50-41-35-29-27-25-14-12-10-8-6-4-2)39-34-36-42-51-49(54)55-44-45-37-31-30-32-38-45/h30-32,37-38,46H,3-29,33-36,39-44H2,1-2H3,(H,50,53)(H,51,54)/t46-/m1/s1. The van der Waals surface area contributed by atoms with Crippen LogP contribution in [-0.4, -0.2) is 30.9 Å². The van der Waals surface area contributed by atoms with E-state index in [-0.39, 0.29) is 24.2 Å². The highest BCUT2D eigenvalue weighted by Crippen LogP contribution is 2.18. The largest absolute Gasteiger partial charge is 0.445 e. The number of amides is 2. The van der Waals surface area contributed by atoms with E-state index in [1.165, 1.54) is 161 Å². The molecule has 1 aromatic rings. The van der Waals surface area contributed by atoms with E-state index in [0.717, 1.165) is 44.1 Å². The van der Waals surface area contributed by atoms with Crippen LogP contribution in [0.25, 0.3) is 0 Å². The van der Waals surface area contributed by atoms with Gasteiger partial charge in [0.2, 0.25) is 5.91 Å². The number of nitrogens with one attached hydrogen (secondary N) is 2. The van der Waals surface area contributed by atoms with Gasteiger partial charge in [-0.05, 0) is 31.2 Å². The molecular formula is C49H88N2O4. The number of carbonyl (C=O) groups is 3. The average molecular weight is 769 g/mol. The van der Waals surface area contributed by atoms with Gasteiger partial charge in [0, 0.05) is 31.8 Å². The Kier molecular flexibility index (Phi) is 36.7. The maximum atomic E-state index is 13.2. The molecule has 6 heteroatoms. The third-order valence-corrected chi connectivity index (χ3v) is 11.2. The van der Waals surface area contributed by atoms with Crippen LogP contribution in [0.15, 0.2) is 30.3 Å². The van der Waals surface area contributed by atoms with Crippen molar-refractivity contribution in [2.24, 2.45) is 5.92 Å². The summed E-state index contributed by atoms with van der Waals surface area (Å²) >= 11 is 0. The van der Waals surface area contributed by atoms with Gasteiger partial charge in [0.05, 0.1) is 0 Å². The van der Waals surface area contributed by atoms with Gasteiger partial charge in [-0.2, -0.15) is 0 Å². The van der Waals surface area contributed by atoms with Crippen molar-refractivity contribution in [3.8, 4) is 0 Å². The molecular weight excluding hydrogens is 681 g/mol. The molecule has 6 nitrogen and oxygen atoms in total. The van der Waals surface area contributed by atoms with Crippen molar-refractivity contribution in [3.05, 3.63) is 35.9 Å². The molecule has 2 amide bonds. The Morgan fingerprint density at radius 3 is 1.36 bits per heavy atom. The van der Waals surface area contributed by atoms with Gasteiger partial charge in [-0.25, -0.2) is 4.79 Å². The minimum Gasteiger partial charge on any atom is -0.445 e. The third-order valence-electron chi connectivity index (χ3n) is 11.2. The van der Waals surface area contributed by atoms with Crippen molar-refractivity contribution >= 4 is 17.8 Å². The van der Waals surface area contributed by atoms with Crippen LogP contribution in [0.5, 0.6) is 0 Å². The molecule has 0 saturated heterocycles. The molecule has 1 aromatic carbocycles. The number of carbonyl (C=O) groups excluding carboxylic acids is 3. The zero-order valence-electron chi connectivity index (χ0n) is 36.3. The highest BCUT2D eigenvalue weighted by Gasteiger charge is 2.21. The molecule has 0 aromatic heterocycles. The minimum absolute atomic E-state index is 0.0210. The third kappa shape index (κ3) is 34.6.